The summed E-state index contributed by atoms with van der Waals surface area (Å²) in [4.78, 5) is 0. The minimum Gasteiger partial charge on any atom is -0.0843 e. The normalized spacial score (nSPS) is 18.9. The van der Waals surface area contributed by atoms with E-state index in [2.05, 4.69) is 0 Å². The predicted molar refractivity (Wildman–Crippen MR) is 118 cm³/mol. The highest BCUT2D eigenvalue weighted by molar-refractivity contribution is 6.31. The summed E-state index contributed by atoms with van der Waals surface area (Å²) in [5.41, 5.74) is 0.935. The average Bonchev–Trinajstić information content (AvgIpc) is 3.09. The summed E-state index contributed by atoms with van der Waals surface area (Å²) in [6.07, 6.45) is 0. The van der Waals surface area contributed by atoms with Gasteiger partial charge in [0.25, 0.3) is 0 Å². The Balaban J connectivity index is 2.13. The number of hydrogen-bond donors (Lipinski definition) is 0. The van der Waals surface area contributed by atoms with Crippen LogP contribution in [-0.4, -0.2) is 0 Å². The number of hydrogen-bond acceptors (Lipinski definition) is 0. The molecular weight excluding hydrogens is 360 g/mol. The molecular formula is C27H21Cl. The fourth-order valence-electron chi connectivity index (χ4n) is 4.44. The molecule has 0 aliphatic heterocycles. The molecule has 28 heavy (non-hydrogen) atoms. The molecule has 0 saturated heterocycles. The Morgan fingerprint density at radius 1 is 0.786 bits per heavy atom. The molecule has 0 nitrogen and oxygen atoms in total. The molecule has 0 amide bonds. The van der Waals surface area contributed by atoms with E-state index in [9.17, 15) is 0 Å². The van der Waals surface area contributed by atoms with Crippen molar-refractivity contribution in [2.24, 2.45) is 0 Å². The summed E-state index contributed by atoms with van der Waals surface area (Å²) in [5.74, 6) is 0. The number of rotatable bonds is 2. The van der Waals surface area contributed by atoms with Crippen LogP contribution in [0.3, 0.4) is 0 Å². The van der Waals surface area contributed by atoms with Crippen LogP contribution in [0.5, 0.6) is 0 Å². The van der Waals surface area contributed by atoms with Gasteiger partial charge in [0, 0.05) is 13.2 Å². The van der Waals surface area contributed by atoms with E-state index in [0.717, 1.165) is 11.1 Å². The van der Waals surface area contributed by atoms with E-state index in [4.69, 9.17) is 22.6 Å². The molecule has 0 atom stereocenters. The number of fused-ring (bicyclic) bond motifs is 3. The number of halogens is 1. The van der Waals surface area contributed by atoms with Crippen LogP contribution in [0, 0.1) is 13.7 Å². The van der Waals surface area contributed by atoms with Gasteiger partial charge in [0.15, 0.2) is 0 Å². The Morgan fingerprint density at radius 3 is 2.07 bits per heavy atom. The van der Waals surface area contributed by atoms with E-state index in [1.807, 2.05) is 60.7 Å². The van der Waals surface area contributed by atoms with E-state index in [1.54, 1.807) is 18.2 Å². The molecule has 1 aliphatic rings. The van der Waals surface area contributed by atoms with Crippen LogP contribution in [0.15, 0.2) is 90.9 Å². The van der Waals surface area contributed by atoms with Crippen molar-refractivity contribution in [1.82, 2.24) is 0 Å². The van der Waals surface area contributed by atoms with Crippen molar-refractivity contribution in [1.29, 1.82) is 0 Å². The highest BCUT2D eigenvalue weighted by Crippen LogP contribution is 2.57. The minimum atomic E-state index is -2.85. The van der Waals surface area contributed by atoms with Crippen LogP contribution in [-0.2, 0) is 5.41 Å². The largest absolute Gasteiger partial charge is 0.0843 e. The molecule has 5 rings (SSSR count). The average molecular weight is 389 g/mol. The van der Waals surface area contributed by atoms with Gasteiger partial charge in [-0.3, -0.25) is 0 Å². The lowest BCUT2D eigenvalue weighted by molar-refractivity contribution is 0.761. The molecule has 0 heterocycles. The fourth-order valence-corrected chi connectivity index (χ4v) is 4.61. The highest BCUT2D eigenvalue weighted by Gasteiger charge is 2.47. The van der Waals surface area contributed by atoms with Crippen molar-refractivity contribution in [3.8, 4) is 11.1 Å². The summed E-state index contributed by atoms with van der Waals surface area (Å²) >= 11 is 6.40. The van der Waals surface area contributed by atoms with Gasteiger partial charge in [-0.2, -0.15) is 0 Å². The molecule has 0 radical (unpaired) electrons. The summed E-state index contributed by atoms with van der Waals surface area (Å²) < 4.78 is 67.4. The van der Waals surface area contributed by atoms with Gasteiger partial charge >= 0.3 is 0 Å². The van der Waals surface area contributed by atoms with Crippen molar-refractivity contribution < 1.29 is 11.0 Å². The lowest BCUT2D eigenvalue weighted by Gasteiger charge is -2.35. The molecule has 0 spiro atoms. The van der Waals surface area contributed by atoms with Gasteiger partial charge in [0.05, 0.1) is 8.16 Å². The summed E-state index contributed by atoms with van der Waals surface area (Å²) in [7, 11) is 0. The highest BCUT2D eigenvalue weighted by atomic mass is 35.5. The fraction of sp³-hybridized carbons (Fsp3) is 0.111. The van der Waals surface area contributed by atoms with Crippen LogP contribution >= 0.6 is 11.6 Å². The predicted octanol–water partition coefficient (Wildman–Crippen LogP) is 7.32. The van der Waals surface area contributed by atoms with Crippen molar-refractivity contribution in [2.45, 2.75) is 19.1 Å². The third-order valence-electron chi connectivity index (χ3n) is 5.44. The van der Waals surface area contributed by atoms with Crippen LogP contribution in [0.1, 0.15) is 44.3 Å². The van der Waals surface area contributed by atoms with E-state index in [0.29, 0.717) is 16.1 Å². The van der Waals surface area contributed by atoms with Gasteiger partial charge in [0.2, 0.25) is 0 Å². The maximum atomic E-state index is 9.02. The first kappa shape index (κ1) is 10.6. The molecule has 4 aromatic rings. The molecule has 0 saturated carbocycles. The zero-order valence-electron chi connectivity index (χ0n) is 22.9. The molecule has 0 fully saturated rings. The Labute approximate surface area is 182 Å². The quantitative estimate of drug-likeness (QED) is 0.297. The number of benzene rings is 4. The zero-order chi connectivity index (χ0) is 26.0. The lowest BCUT2D eigenvalue weighted by Crippen LogP contribution is -2.29. The summed E-state index contributed by atoms with van der Waals surface area (Å²) in [5, 5.41) is 0.372. The topological polar surface area (TPSA) is 0 Å². The lowest BCUT2D eigenvalue weighted by atomic mass is 9.66. The second-order valence-corrected chi connectivity index (χ2v) is 7.36. The smallest absolute Gasteiger partial charge is 0.0716 e. The van der Waals surface area contributed by atoms with Crippen molar-refractivity contribution in [3.63, 3.8) is 0 Å². The van der Waals surface area contributed by atoms with Gasteiger partial charge in [-0.1, -0.05) is 96.0 Å². The third-order valence-corrected chi connectivity index (χ3v) is 5.68. The van der Waals surface area contributed by atoms with Crippen LogP contribution in [0.4, 0.5) is 0 Å². The standard InChI is InChI=1S/C27H21Cl/c1-18-15-19(2)26-24(16-18)23-17-22(28)13-14-25(23)27(26,20-9-5-3-6-10-20)21-11-7-4-8-12-21/h3-17H,1-2H3/i1D3,2D3,15D,16D. The molecule has 0 bridgehead atoms. The second-order valence-electron chi connectivity index (χ2n) is 6.92. The monoisotopic (exact) mass is 388 g/mol. The van der Waals surface area contributed by atoms with E-state index in [-0.39, 0.29) is 22.7 Å². The van der Waals surface area contributed by atoms with Gasteiger partial charge in [0.1, 0.15) is 0 Å². The molecule has 1 aliphatic carbocycles. The van der Waals surface area contributed by atoms with E-state index in [1.165, 1.54) is 0 Å². The molecule has 0 N–H and O–H groups in total. The first-order valence-corrected chi connectivity index (χ1v) is 9.38. The summed E-state index contributed by atoms with van der Waals surface area (Å²) in [6.45, 7) is -5.68. The third kappa shape index (κ3) is 2.31. The summed E-state index contributed by atoms with van der Waals surface area (Å²) in [6, 6.07) is 22.8. The maximum Gasteiger partial charge on any atom is 0.0716 e. The zero-order valence-corrected chi connectivity index (χ0v) is 15.6. The Morgan fingerprint density at radius 2 is 1.46 bits per heavy atom. The maximum absolute atomic E-state index is 9.02. The molecule has 1 heteroatoms. The molecule has 0 unspecified atom stereocenters. The Bertz CT molecular complexity index is 1430. The van der Waals surface area contributed by atoms with E-state index >= 15 is 0 Å². The van der Waals surface area contributed by atoms with Crippen molar-refractivity contribution in [3.05, 3.63) is 129 Å². The van der Waals surface area contributed by atoms with E-state index < -0.39 is 30.7 Å². The van der Waals surface area contributed by atoms with Gasteiger partial charge < -0.3 is 0 Å². The molecule has 136 valence electrons. The van der Waals surface area contributed by atoms with Crippen LogP contribution < -0.4 is 0 Å². The molecule has 0 aromatic heterocycles. The first-order valence-electron chi connectivity index (χ1n) is 13.0. The van der Waals surface area contributed by atoms with Crippen molar-refractivity contribution in [2.75, 3.05) is 0 Å². The van der Waals surface area contributed by atoms with Crippen LogP contribution in [0.2, 0.25) is 5.02 Å². The molecule has 4 aromatic carbocycles. The SMILES string of the molecule is [2H]c1c2c(c(C([2H])([2H])[2H])c([2H])c1C([2H])([2H])[2H])C(c1ccccc1)(c1ccccc1)c1ccc(Cl)cc1-2. The van der Waals surface area contributed by atoms with Gasteiger partial charge in [-0.05, 0) is 64.8 Å². The Hall–Kier alpha value is -2.83. The first-order chi connectivity index (χ1) is 16.9. The van der Waals surface area contributed by atoms with Gasteiger partial charge in [-0.25, -0.2) is 0 Å². The second kappa shape index (κ2) is 6.36. The van der Waals surface area contributed by atoms with Crippen molar-refractivity contribution >= 4 is 11.6 Å². The van der Waals surface area contributed by atoms with Crippen LogP contribution in [0.25, 0.3) is 11.1 Å². The van der Waals surface area contributed by atoms with Gasteiger partial charge in [-0.15, -0.1) is 0 Å². The Kier molecular flexibility index (Phi) is 2.42. The minimum absolute atomic E-state index is 0.188.